The second kappa shape index (κ2) is 11.5. The summed E-state index contributed by atoms with van der Waals surface area (Å²) >= 11 is 0. The lowest BCUT2D eigenvalue weighted by Gasteiger charge is -2.32. The van der Waals surface area contributed by atoms with Crippen LogP contribution in [0.25, 0.3) is 82.7 Å². The van der Waals surface area contributed by atoms with Gasteiger partial charge in [-0.25, -0.2) is 4.98 Å². The molecule has 0 amide bonds. The molecule has 8 aromatic carbocycles. The average Bonchev–Trinajstić information content (AvgIpc) is 3.75. The third kappa shape index (κ3) is 4.11. The molecule has 2 nitrogen and oxygen atoms in total. The number of nitrogens with one attached hydrogen (secondary N) is 1. The molecule has 1 spiro atoms. The molecule has 1 N–H and O–H groups in total. The van der Waals surface area contributed by atoms with Gasteiger partial charge in [-0.2, -0.15) is 0 Å². The molecule has 0 saturated heterocycles. The zero-order valence-corrected chi connectivity index (χ0v) is 30.1. The first-order valence-corrected chi connectivity index (χ1v) is 19.2. The maximum Gasteiger partial charge on any atom is 0.0868 e. The second-order valence-electron chi connectivity index (χ2n) is 15.0. The topological polar surface area (TPSA) is 24.9 Å². The molecule has 2 aliphatic carbocycles. The first kappa shape index (κ1) is 30.4. The minimum absolute atomic E-state index is 0.511. The van der Waals surface area contributed by atoms with Gasteiger partial charge in [0.25, 0.3) is 0 Å². The van der Waals surface area contributed by atoms with Crippen molar-refractivity contribution in [3.8, 4) is 44.6 Å². The number of benzene rings is 8. The first-order chi connectivity index (χ1) is 27.3. The molecule has 0 atom stereocenters. The highest BCUT2D eigenvalue weighted by Crippen LogP contribution is 2.67. The van der Waals surface area contributed by atoms with Gasteiger partial charge < -0.3 is 5.32 Å². The monoisotopic (exact) mass is 698 g/mol. The number of aromatic nitrogens is 1. The summed E-state index contributed by atoms with van der Waals surface area (Å²) in [5, 5.41) is 11.2. The Morgan fingerprint density at radius 2 is 1.02 bits per heavy atom. The molecule has 0 unspecified atom stereocenters. The van der Waals surface area contributed by atoms with E-state index < -0.39 is 5.41 Å². The predicted molar refractivity (Wildman–Crippen MR) is 229 cm³/mol. The highest BCUT2D eigenvalue weighted by atomic mass is 14.9. The van der Waals surface area contributed by atoms with Crippen molar-refractivity contribution >= 4 is 38.0 Å². The average molecular weight is 699 g/mol. The van der Waals surface area contributed by atoms with Crippen LogP contribution in [0.2, 0.25) is 0 Å². The Morgan fingerprint density at radius 3 is 1.75 bits per heavy atom. The second-order valence-corrected chi connectivity index (χ2v) is 15.0. The van der Waals surface area contributed by atoms with Crippen LogP contribution in [0, 0.1) is 0 Å². The van der Waals surface area contributed by atoms with Crippen LogP contribution < -0.4 is 5.32 Å². The lowest BCUT2D eigenvalue weighted by atomic mass is 9.68. The van der Waals surface area contributed by atoms with Gasteiger partial charge in [0.1, 0.15) is 0 Å². The van der Waals surface area contributed by atoms with Gasteiger partial charge in [0.15, 0.2) is 0 Å². The molecule has 0 saturated carbocycles. The van der Waals surface area contributed by atoms with Gasteiger partial charge in [0.2, 0.25) is 0 Å². The van der Waals surface area contributed by atoms with E-state index in [1.165, 1.54) is 88.0 Å². The van der Waals surface area contributed by atoms with E-state index in [1.54, 1.807) is 0 Å². The Balaban J connectivity index is 1.20. The number of dihydropyridines is 1. The summed E-state index contributed by atoms with van der Waals surface area (Å²) in [5.74, 6) is 0. The van der Waals surface area contributed by atoms with E-state index in [0.29, 0.717) is 0 Å². The van der Waals surface area contributed by atoms with Gasteiger partial charge in [0.05, 0.1) is 22.5 Å². The van der Waals surface area contributed by atoms with Crippen LogP contribution in [-0.2, 0) is 5.41 Å². The van der Waals surface area contributed by atoms with Crippen LogP contribution in [0.5, 0.6) is 0 Å². The Labute approximate surface area is 319 Å². The quantitative estimate of drug-likeness (QED) is 0.186. The van der Waals surface area contributed by atoms with Crippen LogP contribution in [0.4, 0.5) is 0 Å². The molecule has 2 heterocycles. The van der Waals surface area contributed by atoms with Crippen molar-refractivity contribution in [3.05, 3.63) is 216 Å². The summed E-state index contributed by atoms with van der Waals surface area (Å²) in [6.45, 7) is 0.810. The number of allylic oxidation sites excluding steroid dienone is 2. The minimum Gasteiger partial charge on any atom is -0.380 e. The molecular formula is C53H34N2. The zero-order chi connectivity index (χ0) is 36.1. The molecule has 12 rings (SSSR count). The van der Waals surface area contributed by atoms with Crippen LogP contribution in [0.3, 0.4) is 0 Å². The number of hydrogen-bond donors (Lipinski definition) is 1. The SMILES string of the molecule is C1=CCNC(c2cccc(-c3cccc(-c4cc5c(c6ccccc46)-c4c(c6ccccc6c6ccccc46)C54c5ccccc5-c5ccccc54)c3)n2)=C1. The number of rotatable bonds is 3. The molecule has 0 fully saturated rings. The fourth-order valence-corrected chi connectivity index (χ4v) is 10.1. The van der Waals surface area contributed by atoms with Crippen molar-refractivity contribution in [2.75, 3.05) is 6.54 Å². The third-order valence-corrected chi connectivity index (χ3v) is 12.3. The summed E-state index contributed by atoms with van der Waals surface area (Å²) in [6, 6.07) is 63.3. The van der Waals surface area contributed by atoms with E-state index in [0.717, 1.165) is 29.2 Å². The summed E-state index contributed by atoms with van der Waals surface area (Å²) in [7, 11) is 0. The molecule has 1 aliphatic heterocycles. The number of fused-ring (bicyclic) bond motifs is 17. The molecule has 3 aliphatic rings. The van der Waals surface area contributed by atoms with Crippen LogP contribution in [0.1, 0.15) is 27.9 Å². The standard InChI is InChI=1S/C53H34N2/c1-5-23-41-35(17-1)36-18-3-6-24-42(36)52-51(41)50-40-22-4-2-19-37(40)43(32-46(50)53(52)44-25-9-7-20-38(44)39-21-8-10-26-45(39)53)33-15-13-16-34(31-33)47-28-14-29-49(55-47)48-27-11-12-30-54-48/h1-29,31-32,54H,30H2. The molecule has 2 heteroatoms. The maximum atomic E-state index is 5.15. The summed E-state index contributed by atoms with van der Waals surface area (Å²) in [4.78, 5) is 5.15. The van der Waals surface area contributed by atoms with Gasteiger partial charge >= 0.3 is 0 Å². The van der Waals surface area contributed by atoms with Crippen molar-refractivity contribution in [2.45, 2.75) is 5.41 Å². The fraction of sp³-hybridized carbons (Fsp3) is 0.0377. The molecule has 0 bridgehead atoms. The Morgan fingerprint density at radius 1 is 0.436 bits per heavy atom. The molecule has 9 aromatic rings. The van der Waals surface area contributed by atoms with Gasteiger partial charge in [-0.05, 0) is 118 Å². The molecule has 256 valence electrons. The first-order valence-electron chi connectivity index (χ1n) is 19.2. The number of pyridine rings is 1. The Hall–Kier alpha value is -7.03. The van der Waals surface area contributed by atoms with Crippen molar-refractivity contribution < 1.29 is 0 Å². The van der Waals surface area contributed by atoms with E-state index >= 15 is 0 Å². The van der Waals surface area contributed by atoms with Gasteiger partial charge in [0, 0.05) is 12.1 Å². The Kier molecular flexibility index (Phi) is 6.35. The number of hydrogen-bond acceptors (Lipinski definition) is 2. The lowest BCUT2D eigenvalue weighted by molar-refractivity contribution is 0.803. The molecule has 1 aromatic heterocycles. The van der Waals surface area contributed by atoms with Crippen LogP contribution in [0.15, 0.2) is 188 Å². The fourth-order valence-electron chi connectivity index (χ4n) is 10.1. The normalized spacial score (nSPS) is 14.4. The smallest absolute Gasteiger partial charge is 0.0868 e. The predicted octanol–water partition coefficient (Wildman–Crippen LogP) is 12.7. The van der Waals surface area contributed by atoms with Crippen LogP contribution in [-0.4, -0.2) is 11.5 Å². The maximum absolute atomic E-state index is 5.15. The minimum atomic E-state index is -0.511. The van der Waals surface area contributed by atoms with Crippen molar-refractivity contribution in [1.29, 1.82) is 0 Å². The third-order valence-electron chi connectivity index (χ3n) is 12.3. The van der Waals surface area contributed by atoms with Gasteiger partial charge in [-0.3, -0.25) is 0 Å². The summed E-state index contributed by atoms with van der Waals surface area (Å²) in [6.07, 6.45) is 6.31. The van der Waals surface area contributed by atoms with Gasteiger partial charge in [-0.15, -0.1) is 0 Å². The molecular weight excluding hydrogens is 665 g/mol. The number of nitrogens with zero attached hydrogens (tertiary/aromatic N) is 1. The van der Waals surface area contributed by atoms with Gasteiger partial charge in [-0.1, -0.05) is 158 Å². The summed E-state index contributed by atoms with van der Waals surface area (Å²) < 4.78 is 0. The summed E-state index contributed by atoms with van der Waals surface area (Å²) in [5.41, 5.74) is 16.7. The molecule has 55 heavy (non-hydrogen) atoms. The van der Waals surface area contributed by atoms with Crippen molar-refractivity contribution in [2.24, 2.45) is 0 Å². The van der Waals surface area contributed by atoms with E-state index in [-0.39, 0.29) is 0 Å². The van der Waals surface area contributed by atoms with E-state index in [4.69, 9.17) is 4.98 Å². The zero-order valence-electron chi connectivity index (χ0n) is 30.1. The largest absolute Gasteiger partial charge is 0.380 e. The van der Waals surface area contributed by atoms with E-state index in [9.17, 15) is 0 Å². The highest BCUT2D eigenvalue weighted by Gasteiger charge is 2.53. The van der Waals surface area contributed by atoms with Crippen molar-refractivity contribution in [3.63, 3.8) is 0 Å². The van der Waals surface area contributed by atoms with Crippen LogP contribution >= 0.6 is 0 Å². The molecule has 0 radical (unpaired) electrons. The lowest BCUT2D eigenvalue weighted by Crippen LogP contribution is -2.26. The Bertz CT molecular complexity index is 3120. The van der Waals surface area contributed by atoms with E-state index in [2.05, 4.69) is 193 Å². The van der Waals surface area contributed by atoms with E-state index in [1.807, 2.05) is 0 Å². The highest BCUT2D eigenvalue weighted by molar-refractivity contribution is 6.24. The van der Waals surface area contributed by atoms with Crippen molar-refractivity contribution in [1.82, 2.24) is 10.3 Å².